The lowest BCUT2D eigenvalue weighted by Crippen LogP contribution is -2.01. The Balaban J connectivity index is 2.11. The SMILES string of the molecule is Clc1nnnn1-c1cccc(-n2nnnc2Cl)c1. The second-order valence-electron chi connectivity index (χ2n) is 3.24. The lowest BCUT2D eigenvalue weighted by Gasteiger charge is -2.04. The third-order valence-corrected chi connectivity index (χ3v) is 2.65. The van der Waals surface area contributed by atoms with Crippen molar-refractivity contribution in [1.82, 2.24) is 40.4 Å². The Morgan fingerprint density at radius 2 is 1.33 bits per heavy atom. The van der Waals surface area contributed by atoms with E-state index < -0.39 is 0 Å². The van der Waals surface area contributed by atoms with Crippen LogP contribution < -0.4 is 0 Å². The van der Waals surface area contributed by atoms with Crippen LogP contribution in [0.1, 0.15) is 0 Å². The van der Waals surface area contributed by atoms with Crippen molar-refractivity contribution < 1.29 is 0 Å². The molecule has 90 valence electrons. The first-order valence-corrected chi connectivity index (χ1v) is 5.50. The molecule has 0 spiro atoms. The fourth-order valence-corrected chi connectivity index (χ4v) is 1.76. The standard InChI is InChI=1S/C8H4Cl2N8/c9-7-11-13-15-17(7)5-2-1-3-6(4-5)18-8(10)12-14-16-18/h1-4H. The van der Waals surface area contributed by atoms with Gasteiger partial charge in [-0.05, 0) is 62.3 Å². The van der Waals surface area contributed by atoms with Gasteiger partial charge in [0.25, 0.3) is 0 Å². The van der Waals surface area contributed by atoms with Gasteiger partial charge in [-0.3, -0.25) is 0 Å². The third-order valence-electron chi connectivity index (χ3n) is 2.18. The molecule has 0 aliphatic rings. The zero-order valence-electron chi connectivity index (χ0n) is 8.64. The van der Waals surface area contributed by atoms with Crippen LogP contribution in [-0.4, -0.2) is 40.4 Å². The minimum Gasteiger partial charge on any atom is -0.183 e. The molecule has 0 atom stereocenters. The Bertz CT molecular complexity index is 634. The highest BCUT2D eigenvalue weighted by molar-refractivity contribution is 6.28. The zero-order valence-corrected chi connectivity index (χ0v) is 10.2. The second-order valence-corrected chi connectivity index (χ2v) is 3.92. The summed E-state index contributed by atoms with van der Waals surface area (Å²) >= 11 is 11.7. The van der Waals surface area contributed by atoms with Gasteiger partial charge in [0, 0.05) is 0 Å². The average Bonchev–Trinajstić information content (AvgIpc) is 2.98. The minimum atomic E-state index is 0.162. The summed E-state index contributed by atoms with van der Waals surface area (Å²) in [6.07, 6.45) is 0. The van der Waals surface area contributed by atoms with E-state index in [9.17, 15) is 0 Å². The van der Waals surface area contributed by atoms with E-state index in [2.05, 4.69) is 31.1 Å². The van der Waals surface area contributed by atoms with Crippen molar-refractivity contribution >= 4 is 23.2 Å². The van der Waals surface area contributed by atoms with Crippen molar-refractivity contribution in [2.45, 2.75) is 0 Å². The first-order chi connectivity index (χ1) is 8.75. The predicted molar refractivity (Wildman–Crippen MR) is 61.9 cm³/mol. The molecular formula is C8H4Cl2N8. The highest BCUT2D eigenvalue weighted by atomic mass is 35.5. The largest absolute Gasteiger partial charge is 0.247 e. The van der Waals surface area contributed by atoms with Gasteiger partial charge in [-0.15, -0.1) is 0 Å². The Hall–Kier alpha value is -2.06. The van der Waals surface area contributed by atoms with Crippen molar-refractivity contribution in [2.24, 2.45) is 0 Å². The van der Waals surface area contributed by atoms with Gasteiger partial charge in [-0.25, -0.2) is 0 Å². The molecule has 3 rings (SSSR count). The van der Waals surface area contributed by atoms with Crippen LogP contribution in [0.3, 0.4) is 0 Å². The first kappa shape index (κ1) is 11.1. The summed E-state index contributed by atoms with van der Waals surface area (Å²) in [6, 6.07) is 7.14. The molecule has 2 aromatic heterocycles. The number of benzene rings is 1. The summed E-state index contributed by atoms with van der Waals surface area (Å²) in [5.41, 5.74) is 1.35. The van der Waals surface area contributed by atoms with Crippen LogP contribution in [0, 0.1) is 0 Å². The van der Waals surface area contributed by atoms with E-state index in [0.717, 1.165) is 0 Å². The van der Waals surface area contributed by atoms with Crippen LogP contribution in [-0.2, 0) is 0 Å². The van der Waals surface area contributed by atoms with Gasteiger partial charge < -0.3 is 0 Å². The van der Waals surface area contributed by atoms with E-state index in [1.807, 2.05) is 0 Å². The van der Waals surface area contributed by atoms with Gasteiger partial charge in [0.05, 0.1) is 11.4 Å². The van der Waals surface area contributed by atoms with Crippen molar-refractivity contribution in [2.75, 3.05) is 0 Å². The maximum Gasteiger partial charge on any atom is 0.247 e. The lowest BCUT2D eigenvalue weighted by molar-refractivity contribution is 0.775. The number of rotatable bonds is 2. The molecule has 0 fully saturated rings. The number of hydrogen-bond acceptors (Lipinski definition) is 6. The normalized spacial score (nSPS) is 10.8. The molecule has 0 saturated heterocycles. The van der Waals surface area contributed by atoms with Crippen molar-refractivity contribution in [3.63, 3.8) is 0 Å². The maximum atomic E-state index is 5.84. The molecule has 8 nitrogen and oxygen atoms in total. The maximum absolute atomic E-state index is 5.84. The molecule has 0 amide bonds. The molecule has 0 radical (unpaired) electrons. The quantitative estimate of drug-likeness (QED) is 0.695. The lowest BCUT2D eigenvalue weighted by atomic mass is 10.3. The second kappa shape index (κ2) is 4.31. The van der Waals surface area contributed by atoms with E-state index >= 15 is 0 Å². The Morgan fingerprint density at radius 3 is 1.72 bits per heavy atom. The molecule has 0 bridgehead atoms. The van der Waals surface area contributed by atoms with Crippen LogP contribution in [0.25, 0.3) is 11.4 Å². The van der Waals surface area contributed by atoms with Gasteiger partial charge in [-0.1, -0.05) is 16.3 Å². The van der Waals surface area contributed by atoms with Gasteiger partial charge in [-0.2, -0.15) is 9.36 Å². The van der Waals surface area contributed by atoms with Crippen molar-refractivity contribution in [1.29, 1.82) is 0 Å². The summed E-state index contributed by atoms with van der Waals surface area (Å²) in [5.74, 6) is 0. The van der Waals surface area contributed by atoms with E-state index in [-0.39, 0.29) is 10.6 Å². The highest BCUT2D eigenvalue weighted by Gasteiger charge is 2.09. The van der Waals surface area contributed by atoms with Gasteiger partial charge >= 0.3 is 0 Å². The fraction of sp³-hybridized carbons (Fsp3) is 0. The molecule has 0 unspecified atom stereocenters. The number of hydrogen-bond donors (Lipinski definition) is 0. The van der Waals surface area contributed by atoms with Crippen LogP contribution in [0.15, 0.2) is 24.3 Å². The van der Waals surface area contributed by atoms with Gasteiger partial charge in [0.2, 0.25) is 10.6 Å². The molecule has 0 saturated carbocycles. The number of tetrazole rings is 2. The molecular weight excluding hydrogens is 279 g/mol. The molecule has 10 heteroatoms. The van der Waals surface area contributed by atoms with Crippen LogP contribution in [0.4, 0.5) is 0 Å². The van der Waals surface area contributed by atoms with E-state index in [1.165, 1.54) is 9.36 Å². The van der Waals surface area contributed by atoms with Crippen molar-refractivity contribution in [3.05, 3.63) is 34.8 Å². The van der Waals surface area contributed by atoms with Crippen LogP contribution >= 0.6 is 23.2 Å². The summed E-state index contributed by atoms with van der Waals surface area (Å²) in [5, 5.41) is 22.0. The van der Waals surface area contributed by atoms with E-state index in [4.69, 9.17) is 23.2 Å². The Morgan fingerprint density at radius 1 is 0.833 bits per heavy atom. The molecule has 0 aliphatic heterocycles. The summed E-state index contributed by atoms with van der Waals surface area (Å²) in [4.78, 5) is 0. The molecule has 0 aliphatic carbocycles. The van der Waals surface area contributed by atoms with E-state index in [1.54, 1.807) is 24.3 Å². The van der Waals surface area contributed by atoms with E-state index in [0.29, 0.717) is 11.4 Å². The number of aromatic nitrogens is 8. The number of halogens is 2. The van der Waals surface area contributed by atoms with Crippen LogP contribution in [0.2, 0.25) is 10.6 Å². The predicted octanol–water partition coefficient (Wildman–Crippen LogP) is 0.945. The Labute approximate surface area is 110 Å². The van der Waals surface area contributed by atoms with Gasteiger partial charge in [0.1, 0.15) is 0 Å². The number of nitrogens with zero attached hydrogens (tertiary/aromatic N) is 8. The average molecular weight is 283 g/mol. The van der Waals surface area contributed by atoms with Crippen molar-refractivity contribution in [3.8, 4) is 11.4 Å². The fourth-order valence-electron chi connectivity index (χ4n) is 1.43. The van der Waals surface area contributed by atoms with Gasteiger partial charge in [0.15, 0.2) is 0 Å². The Kier molecular flexibility index (Phi) is 2.65. The zero-order chi connectivity index (χ0) is 12.5. The molecule has 1 aromatic carbocycles. The third kappa shape index (κ3) is 1.81. The minimum absolute atomic E-state index is 0.162. The summed E-state index contributed by atoms with van der Waals surface area (Å²) in [7, 11) is 0. The molecule has 18 heavy (non-hydrogen) atoms. The first-order valence-electron chi connectivity index (χ1n) is 4.74. The highest BCUT2D eigenvalue weighted by Crippen LogP contribution is 2.17. The molecule has 3 aromatic rings. The topological polar surface area (TPSA) is 87.2 Å². The summed E-state index contributed by atoms with van der Waals surface area (Å²) in [6.45, 7) is 0. The van der Waals surface area contributed by atoms with Crippen LogP contribution in [0.5, 0.6) is 0 Å². The smallest absolute Gasteiger partial charge is 0.183 e. The monoisotopic (exact) mass is 282 g/mol. The molecule has 2 heterocycles. The summed E-state index contributed by atoms with van der Waals surface area (Å²) < 4.78 is 2.76. The molecule has 0 N–H and O–H groups in total.